The van der Waals surface area contributed by atoms with E-state index < -0.39 is 5.54 Å². The minimum absolute atomic E-state index is 0.218. The van der Waals surface area contributed by atoms with Gasteiger partial charge in [-0.2, -0.15) is 0 Å². The Morgan fingerprint density at radius 1 is 0.808 bits per heavy atom. The maximum Gasteiger partial charge on any atom is 0.201 e. The molecule has 3 nitrogen and oxygen atoms in total. The van der Waals surface area contributed by atoms with Crippen molar-refractivity contribution in [3.05, 3.63) is 99.5 Å². The summed E-state index contributed by atoms with van der Waals surface area (Å²) in [5.41, 5.74) is 1.88. The van der Waals surface area contributed by atoms with Crippen molar-refractivity contribution in [3.63, 3.8) is 0 Å². The van der Waals surface area contributed by atoms with Gasteiger partial charge in [0.25, 0.3) is 0 Å². The van der Waals surface area contributed by atoms with Crippen molar-refractivity contribution in [1.29, 1.82) is 0 Å². The molecule has 0 aromatic heterocycles. The summed E-state index contributed by atoms with van der Waals surface area (Å²) < 4.78 is 0.976. The molecule has 0 saturated heterocycles. The molecular formula is C22H16BrNO2. The summed E-state index contributed by atoms with van der Waals surface area (Å²) in [5.74, 6) is -0.435. The lowest BCUT2D eigenvalue weighted by Crippen LogP contribution is -2.46. The number of benzene rings is 3. The third-order valence-corrected chi connectivity index (χ3v) is 5.68. The lowest BCUT2D eigenvalue weighted by molar-refractivity contribution is 0.0819. The van der Waals surface area contributed by atoms with Crippen LogP contribution >= 0.6 is 15.9 Å². The molecule has 4 rings (SSSR count). The maximum atomic E-state index is 13.4. The van der Waals surface area contributed by atoms with E-state index >= 15 is 0 Å². The zero-order chi connectivity index (χ0) is 18.3. The highest BCUT2D eigenvalue weighted by Crippen LogP contribution is 2.40. The lowest BCUT2D eigenvalue weighted by atomic mass is 9.84. The Bertz CT molecular complexity index is 992. The number of Topliss-reactive ketones (excluding diaryl/α,β-unsaturated/α-hetero) is 2. The Kier molecular flexibility index (Phi) is 4.00. The van der Waals surface area contributed by atoms with Gasteiger partial charge in [-0.1, -0.05) is 70.5 Å². The third-order valence-electron chi connectivity index (χ3n) is 4.79. The zero-order valence-electron chi connectivity index (χ0n) is 14.1. The second kappa shape index (κ2) is 6.22. The minimum atomic E-state index is -1.44. The molecule has 0 heterocycles. The molecule has 0 radical (unpaired) electrons. The fraction of sp³-hybridized carbons (Fsp3) is 0.0909. The van der Waals surface area contributed by atoms with E-state index in [1.807, 2.05) is 55.5 Å². The van der Waals surface area contributed by atoms with Gasteiger partial charge < -0.3 is 5.32 Å². The molecule has 0 spiro atoms. The molecule has 3 aromatic rings. The van der Waals surface area contributed by atoms with Crippen LogP contribution in [0, 0.1) is 6.92 Å². The topological polar surface area (TPSA) is 46.2 Å². The number of nitrogens with one attached hydrogen (secondary N) is 1. The Morgan fingerprint density at radius 3 is 1.96 bits per heavy atom. The van der Waals surface area contributed by atoms with Gasteiger partial charge in [0.1, 0.15) is 0 Å². The van der Waals surface area contributed by atoms with Crippen molar-refractivity contribution >= 4 is 33.2 Å². The van der Waals surface area contributed by atoms with Crippen LogP contribution in [-0.2, 0) is 5.54 Å². The van der Waals surface area contributed by atoms with Gasteiger partial charge in [0.05, 0.1) is 0 Å². The first-order valence-corrected chi connectivity index (χ1v) is 9.12. The van der Waals surface area contributed by atoms with E-state index in [4.69, 9.17) is 0 Å². The Hall–Kier alpha value is -2.72. The minimum Gasteiger partial charge on any atom is -0.363 e. The van der Waals surface area contributed by atoms with Gasteiger partial charge in [-0.05, 0) is 36.2 Å². The van der Waals surface area contributed by atoms with Crippen LogP contribution in [0.2, 0.25) is 0 Å². The molecule has 0 atom stereocenters. The number of hydrogen-bond acceptors (Lipinski definition) is 3. The van der Waals surface area contributed by atoms with E-state index in [1.165, 1.54) is 0 Å². The summed E-state index contributed by atoms with van der Waals surface area (Å²) in [6, 6.07) is 21.9. The Balaban J connectivity index is 1.91. The van der Waals surface area contributed by atoms with Crippen LogP contribution in [0.4, 0.5) is 5.69 Å². The van der Waals surface area contributed by atoms with E-state index in [-0.39, 0.29) is 11.6 Å². The number of halogens is 1. The molecule has 0 fully saturated rings. The number of carbonyl (C=O) groups excluding carboxylic acids is 2. The van der Waals surface area contributed by atoms with E-state index in [0.717, 1.165) is 15.7 Å². The van der Waals surface area contributed by atoms with Gasteiger partial charge in [-0.15, -0.1) is 0 Å². The number of anilines is 1. The summed E-state index contributed by atoms with van der Waals surface area (Å²) in [5, 5.41) is 3.27. The molecule has 1 N–H and O–H groups in total. The predicted octanol–water partition coefficient (Wildman–Crippen LogP) is 5.14. The summed E-state index contributed by atoms with van der Waals surface area (Å²) >= 11 is 3.49. The maximum absolute atomic E-state index is 13.4. The number of carbonyl (C=O) groups is 2. The summed E-state index contributed by atoms with van der Waals surface area (Å²) in [6.07, 6.45) is 0. The first-order chi connectivity index (χ1) is 12.5. The SMILES string of the molecule is Cc1cc(NC2(c3ccccc3)C(=O)c3ccccc3C2=O)ccc1Br. The molecule has 1 aliphatic carbocycles. The molecule has 128 valence electrons. The number of aryl methyl sites for hydroxylation is 1. The normalized spacial score (nSPS) is 15.0. The molecule has 0 bridgehead atoms. The highest BCUT2D eigenvalue weighted by molar-refractivity contribution is 9.10. The third kappa shape index (κ3) is 2.41. The number of hydrogen-bond donors (Lipinski definition) is 1. The Morgan fingerprint density at radius 2 is 1.38 bits per heavy atom. The molecule has 3 aromatic carbocycles. The number of rotatable bonds is 3. The molecule has 0 unspecified atom stereocenters. The van der Waals surface area contributed by atoms with E-state index in [1.54, 1.807) is 24.3 Å². The van der Waals surface area contributed by atoms with Gasteiger partial charge in [0.2, 0.25) is 11.6 Å². The van der Waals surface area contributed by atoms with Crippen molar-refractivity contribution < 1.29 is 9.59 Å². The smallest absolute Gasteiger partial charge is 0.201 e. The van der Waals surface area contributed by atoms with Crippen molar-refractivity contribution in [2.75, 3.05) is 5.32 Å². The van der Waals surface area contributed by atoms with Gasteiger partial charge >= 0.3 is 0 Å². The molecule has 0 saturated carbocycles. The van der Waals surface area contributed by atoms with E-state index in [9.17, 15) is 9.59 Å². The van der Waals surface area contributed by atoms with E-state index in [2.05, 4.69) is 21.2 Å². The molecule has 4 heteroatoms. The quantitative estimate of drug-likeness (QED) is 0.613. The van der Waals surface area contributed by atoms with Crippen LogP contribution in [0.15, 0.2) is 77.3 Å². The van der Waals surface area contributed by atoms with Gasteiger partial charge in [0, 0.05) is 21.3 Å². The summed E-state index contributed by atoms with van der Waals surface area (Å²) in [7, 11) is 0. The fourth-order valence-electron chi connectivity index (χ4n) is 3.46. The average molecular weight is 406 g/mol. The molecule has 0 aliphatic heterocycles. The Labute approximate surface area is 160 Å². The van der Waals surface area contributed by atoms with Crippen LogP contribution in [0.5, 0.6) is 0 Å². The molecular weight excluding hydrogens is 390 g/mol. The summed E-state index contributed by atoms with van der Waals surface area (Å²) in [6.45, 7) is 1.97. The van der Waals surface area contributed by atoms with E-state index in [0.29, 0.717) is 16.7 Å². The fourth-order valence-corrected chi connectivity index (χ4v) is 3.71. The van der Waals surface area contributed by atoms with Crippen molar-refractivity contribution in [2.45, 2.75) is 12.5 Å². The second-order valence-electron chi connectivity index (χ2n) is 6.41. The molecule has 1 aliphatic rings. The van der Waals surface area contributed by atoms with Crippen molar-refractivity contribution in [2.24, 2.45) is 0 Å². The van der Waals surface area contributed by atoms with Crippen molar-refractivity contribution in [1.82, 2.24) is 0 Å². The number of ketones is 2. The summed E-state index contributed by atoms with van der Waals surface area (Å²) in [4.78, 5) is 26.8. The first-order valence-electron chi connectivity index (χ1n) is 8.32. The largest absolute Gasteiger partial charge is 0.363 e. The average Bonchev–Trinajstić information content (AvgIpc) is 2.88. The van der Waals surface area contributed by atoms with Crippen LogP contribution in [0.1, 0.15) is 31.8 Å². The second-order valence-corrected chi connectivity index (χ2v) is 7.26. The van der Waals surface area contributed by atoms with Crippen LogP contribution in [-0.4, -0.2) is 11.6 Å². The van der Waals surface area contributed by atoms with Crippen LogP contribution in [0.25, 0.3) is 0 Å². The lowest BCUT2D eigenvalue weighted by Gasteiger charge is -2.29. The molecule has 0 amide bonds. The van der Waals surface area contributed by atoms with Crippen molar-refractivity contribution in [3.8, 4) is 0 Å². The van der Waals surface area contributed by atoms with Gasteiger partial charge in [-0.3, -0.25) is 9.59 Å². The van der Waals surface area contributed by atoms with Gasteiger partial charge in [-0.25, -0.2) is 0 Å². The monoisotopic (exact) mass is 405 g/mol. The van der Waals surface area contributed by atoms with Gasteiger partial charge in [0.15, 0.2) is 5.54 Å². The molecule has 26 heavy (non-hydrogen) atoms. The standard InChI is InChI=1S/C22H16BrNO2/c1-14-13-16(11-12-19(14)23)24-22(15-7-3-2-4-8-15)20(25)17-9-5-6-10-18(17)21(22)26/h2-13,24H,1H3. The highest BCUT2D eigenvalue weighted by atomic mass is 79.9. The highest BCUT2D eigenvalue weighted by Gasteiger charge is 2.54. The van der Waals surface area contributed by atoms with Crippen LogP contribution in [0.3, 0.4) is 0 Å². The number of fused-ring (bicyclic) bond motifs is 1. The first kappa shape index (κ1) is 16.7. The predicted molar refractivity (Wildman–Crippen MR) is 106 cm³/mol. The van der Waals surface area contributed by atoms with Crippen LogP contribution < -0.4 is 5.32 Å². The zero-order valence-corrected chi connectivity index (χ0v) is 15.7.